The fourth-order valence-electron chi connectivity index (χ4n) is 1.20. The minimum Gasteiger partial charge on any atom is -0.481 e. The van der Waals surface area contributed by atoms with Gasteiger partial charge >= 0.3 is 5.97 Å². The summed E-state index contributed by atoms with van der Waals surface area (Å²) in [5.41, 5.74) is -1.19. The summed E-state index contributed by atoms with van der Waals surface area (Å²) in [5.74, 6) is -1.25. The van der Waals surface area contributed by atoms with E-state index >= 15 is 0 Å². The van der Waals surface area contributed by atoms with E-state index in [4.69, 9.17) is 10.4 Å². The Hall–Kier alpha value is -1.55. The smallest absolute Gasteiger partial charge is 0.307 e. The Balaban J connectivity index is 3.43. The molecule has 0 fully saturated rings. The molecule has 0 aliphatic heterocycles. The maximum Gasteiger partial charge on any atom is 0.307 e. The van der Waals surface area contributed by atoms with Gasteiger partial charge in [0, 0.05) is 10.7 Å². The van der Waals surface area contributed by atoms with Gasteiger partial charge < -0.3 is 5.11 Å². The van der Waals surface area contributed by atoms with E-state index in [9.17, 15) is 13.6 Å². The van der Waals surface area contributed by atoms with Crippen LogP contribution in [0, 0.1) is 11.3 Å². The van der Waals surface area contributed by atoms with Crippen molar-refractivity contribution in [3.8, 4) is 6.07 Å². The molecule has 1 aromatic heterocycles. The third-order valence-electron chi connectivity index (χ3n) is 1.83. The van der Waals surface area contributed by atoms with E-state index in [1.54, 1.807) is 0 Å². The van der Waals surface area contributed by atoms with Gasteiger partial charge in [0.05, 0.1) is 12.0 Å². The van der Waals surface area contributed by atoms with Crippen LogP contribution in [0.5, 0.6) is 0 Å². The van der Waals surface area contributed by atoms with Crippen molar-refractivity contribution in [1.29, 1.82) is 5.26 Å². The molecule has 0 radical (unpaired) electrons. The number of alkyl halides is 2. The van der Waals surface area contributed by atoms with Crippen LogP contribution in [0.2, 0.25) is 0 Å². The Morgan fingerprint density at radius 2 is 2.31 bits per heavy atom. The summed E-state index contributed by atoms with van der Waals surface area (Å²) in [6, 6.07) is 1.51. The standard InChI is InChI=1S/C9H5BrF2N2O2/c10-5-3-14-6(2-13)8(9(11)12)4(5)1-7(15)16/h3,9H,1H2,(H,15,16). The molecule has 1 heterocycles. The Kier molecular flexibility index (Phi) is 3.90. The van der Waals surface area contributed by atoms with Crippen LogP contribution in [-0.4, -0.2) is 16.1 Å². The topological polar surface area (TPSA) is 74.0 Å². The third kappa shape index (κ3) is 2.52. The second kappa shape index (κ2) is 4.99. The average molecular weight is 291 g/mol. The molecule has 0 unspecified atom stereocenters. The highest BCUT2D eigenvalue weighted by atomic mass is 79.9. The quantitative estimate of drug-likeness (QED) is 0.927. The molecule has 1 rings (SSSR count). The van der Waals surface area contributed by atoms with Crippen molar-refractivity contribution in [3.63, 3.8) is 0 Å². The van der Waals surface area contributed by atoms with Gasteiger partial charge in [0.2, 0.25) is 0 Å². The normalized spacial score (nSPS) is 10.2. The number of aromatic nitrogens is 1. The number of aliphatic carboxylic acids is 1. The van der Waals surface area contributed by atoms with E-state index in [1.807, 2.05) is 0 Å². The number of halogens is 3. The molecule has 0 spiro atoms. The molecule has 0 aliphatic rings. The number of carbonyl (C=O) groups is 1. The molecule has 0 amide bonds. The lowest BCUT2D eigenvalue weighted by atomic mass is 10.0. The molecule has 1 aromatic rings. The van der Waals surface area contributed by atoms with Crippen LogP contribution in [0.3, 0.4) is 0 Å². The van der Waals surface area contributed by atoms with Gasteiger partial charge in [-0.15, -0.1) is 0 Å². The first-order valence-corrected chi connectivity index (χ1v) is 4.84. The van der Waals surface area contributed by atoms with Crippen molar-refractivity contribution < 1.29 is 18.7 Å². The summed E-state index contributed by atoms with van der Waals surface area (Å²) in [7, 11) is 0. The first-order valence-electron chi connectivity index (χ1n) is 4.04. The van der Waals surface area contributed by atoms with Gasteiger partial charge in [-0.25, -0.2) is 13.8 Å². The maximum absolute atomic E-state index is 12.7. The van der Waals surface area contributed by atoms with E-state index < -0.39 is 30.1 Å². The zero-order valence-corrected chi connectivity index (χ0v) is 9.33. The Bertz CT molecular complexity index is 471. The van der Waals surface area contributed by atoms with E-state index in [0.29, 0.717) is 0 Å². The summed E-state index contributed by atoms with van der Waals surface area (Å²) in [5, 5.41) is 17.2. The number of hydrogen-bond donors (Lipinski definition) is 1. The molecule has 4 nitrogen and oxygen atoms in total. The minimum atomic E-state index is -2.94. The molecule has 0 atom stereocenters. The zero-order chi connectivity index (χ0) is 12.3. The monoisotopic (exact) mass is 290 g/mol. The zero-order valence-electron chi connectivity index (χ0n) is 7.75. The SMILES string of the molecule is N#Cc1ncc(Br)c(CC(=O)O)c1C(F)F. The summed E-state index contributed by atoms with van der Waals surface area (Å²) in [6.07, 6.45) is -2.38. The van der Waals surface area contributed by atoms with Crippen LogP contribution in [0.4, 0.5) is 8.78 Å². The average Bonchev–Trinajstić information content (AvgIpc) is 2.19. The van der Waals surface area contributed by atoms with Crippen molar-refractivity contribution in [2.24, 2.45) is 0 Å². The van der Waals surface area contributed by atoms with Gasteiger partial charge in [-0.2, -0.15) is 5.26 Å². The highest BCUT2D eigenvalue weighted by Gasteiger charge is 2.22. The molecule has 0 aromatic carbocycles. The Labute approximate surface area is 97.7 Å². The van der Waals surface area contributed by atoms with Gasteiger partial charge in [-0.3, -0.25) is 4.79 Å². The molecule has 0 saturated carbocycles. The number of hydrogen-bond acceptors (Lipinski definition) is 3. The lowest BCUT2D eigenvalue weighted by molar-refractivity contribution is -0.136. The van der Waals surface area contributed by atoms with E-state index in [1.165, 1.54) is 6.07 Å². The second-order valence-corrected chi connectivity index (χ2v) is 3.68. The molecule has 0 aliphatic carbocycles. The van der Waals surface area contributed by atoms with Gasteiger partial charge in [-0.1, -0.05) is 0 Å². The summed E-state index contributed by atoms with van der Waals surface area (Å²) < 4.78 is 25.6. The van der Waals surface area contributed by atoms with Crippen molar-refractivity contribution in [2.75, 3.05) is 0 Å². The molecule has 1 N–H and O–H groups in total. The fraction of sp³-hybridized carbons (Fsp3) is 0.222. The lowest BCUT2D eigenvalue weighted by Crippen LogP contribution is -2.08. The van der Waals surface area contributed by atoms with E-state index in [-0.39, 0.29) is 10.0 Å². The van der Waals surface area contributed by atoms with Crippen LogP contribution in [0.15, 0.2) is 10.7 Å². The largest absolute Gasteiger partial charge is 0.481 e. The summed E-state index contributed by atoms with van der Waals surface area (Å²) in [6.45, 7) is 0. The maximum atomic E-state index is 12.7. The third-order valence-corrected chi connectivity index (χ3v) is 2.51. The number of carboxylic acids is 1. The lowest BCUT2D eigenvalue weighted by Gasteiger charge is -2.09. The van der Waals surface area contributed by atoms with Gasteiger partial charge in [-0.05, 0) is 21.5 Å². The first kappa shape index (κ1) is 12.5. The Morgan fingerprint density at radius 1 is 1.69 bits per heavy atom. The predicted octanol–water partition coefficient (Wildman–Crippen LogP) is 2.28. The predicted molar refractivity (Wildman–Crippen MR) is 52.9 cm³/mol. The minimum absolute atomic E-state index is 0.117. The van der Waals surface area contributed by atoms with Crippen LogP contribution in [-0.2, 0) is 11.2 Å². The van der Waals surface area contributed by atoms with Crippen molar-refractivity contribution in [1.82, 2.24) is 4.98 Å². The van der Waals surface area contributed by atoms with Gasteiger partial charge in [0.25, 0.3) is 6.43 Å². The summed E-state index contributed by atoms with van der Waals surface area (Å²) >= 11 is 2.94. The summed E-state index contributed by atoms with van der Waals surface area (Å²) in [4.78, 5) is 14.0. The first-order chi connectivity index (χ1) is 7.47. The Morgan fingerprint density at radius 3 is 2.75 bits per heavy atom. The fourth-order valence-corrected chi connectivity index (χ4v) is 1.65. The highest BCUT2D eigenvalue weighted by molar-refractivity contribution is 9.10. The van der Waals surface area contributed by atoms with Crippen LogP contribution in [0.1, 0.15) is 23.2 Å². The molecule has 84 valence electrons. The van der Waals surface area contributed by atoms with Crippen LogP contribution in [0.25, 0.3) is 0 Å². The van der Waals surface area contributed by atoms with Crippen molar-refractivity contribution >= 4 is 21.9 Å². The number of nitriles is 1. The van der Waals surface area contributed by atoms with E-state index in [2.05, 4.69) is 20.9 Å². The van der Waals surface area contributed by atoms with Crippen molar-refractivity contribution in [2.45, 2.75) is 12.8 Å². The molecule has 7 heteroatoms. The number of pyridine rings is 1. The number of nitrogens with zero attached hydrogens (tertiary/aromatic N) is 2. The molecular formula is C9H5BrF2N2O2. The van der Waals surface area contributed by atoms with Crippen LogP contribution >= 0.6 is 15.9 Å². The van der Waals surface area contributed by atoms with E-state index in [0.717, 1.165) is 6.20 Å². The van der Waals surface area contributed by atoms with Gasteiger partial charge in [0.15, 0.2) is 0 Å². The number of carboxylic acid groups (broad SMARTS) is 1. The highest BCUT2D eigenvalue weighted by Crippen LogP contribution is 2.30. The number of rotatable bonds is 3. The molecule has 0 saturated heterocycles. The van der Waals surface area contributed by atoms with Crippen LogP contribution < -0.4 is 0 Å². The molecule has 0 bridgehead atoms. The van der Waals surface area contributed by atoms with Crippen molar-refractivity contribution in [3.05, 3.63) is 27.5 Å². The van der Waals surface area contributed by atoms with Gasteiger partial charge in [0.1, 0.15) is 11.8 Å². The second-order valence-electron chi connectivity index (χ2n) is 2.83. The molecule has 16 heavy (non-hydrogen) atoms. The molecular weight excluding hydrogens is 286 g/mol.